The quantitative estimate of drug-likeness (QED) is 0.498. The number of nitrogens with one attached hydrogen (secondary N) is 1. The first-order chi connectivity index (χ1) is 6.02. The molecule has 0 saturated heterocycles. The first-order valence-corrected chi connectivity index (χ1v) is 4.61. The molecule has 0 unspecified atom stereocenters. The third-order valence-corrected chi connectivity index (χ3v) is 1.68. The highest BCUT2D eigenvalue weighted by atomic mass is 16.2. The molecule has 0 bridgehead atoms. The summed E-state index contributed by atoms with van der Waals surface area (Å²) in [7, 11) is 0. The summed E-state index contributed by atoms with van der Waals surface area (Å²) in [6, 6.07) is -0.608. The molecule has 0 saturated carbocycles. The van der Waals surface area contributed by atoms with Crippen LogP contribution in [-0.4, -0.2) is 11.7 Å². The number of primary amides is 1. The Kier molecular flexibility index (Phi) is 5.93. The summed E-state index contributed by atoms with van der Waals surface area (Å²) >= 11 is 0. The van der Waals surface area contributed by atoms with Crippen LogP contribution in [0.5, 0.6) is 0 Å². The minimum absolute atomic E-state index is 0.608. The molecule has 0 aromatic heterocycles. The molecule has 0 aromatic carbocycles. The highest BCUT2D eigenvalue weighted by molar-refractivity contribution is 5.83. The van der Waals surface area contributed by atoms with Crippen LogP contribution < -0.4 is 11.2 Å². The second kappa shape index (κ2) is 6.46. The topological polar surface area (TPSA) is 67.5 Å². The van der Waals surface area contributed by atoms with E-state index >= 15 is 0 Å². The highest BCUT2D eigenvalue weighted by Crippen LogP contribution is 2.06. The van der Waals surface area contributed by atoms with Crippen molar-refractivity contribution in [2.45, 2.75) is 40.0 Å². The Morgan fingerprint density at radius 3 is 2.62 bits per heavy atom. The summed E-state index contributed by atoms with van der Waals surface area (Å²) in [5.41, 5.74) is 7.99. The minimum Gasteiger partial charge on any atom is -0.350 e. The smallest absolute Gasteiger partial charge is 0.332 e. The molecular formula is C9H19N3O. The largest absolute Gasteiger partial charge is 0.350 e. The van der Waals surface area contributed by atoms with Crippen molar-refractivity contribution in [1.82, 2.24) is 5.43 Å². The van der Waals surface area contributed by atoms with Gasteiger partial charge in [0.2, 0.25) is 0 Å². The molecule has 0 rings (SSSR count). The SMILES string of the molecule is C/C(CCCC(C)C)=N\NC(N)=O. The number of hydrogen-bond donors (Lipinski definition) is 2. The molecule has 0 atom stereocenters. The monoisotopic (exact) mass is 185 g/mol. The van der Waals surface area contributed by atoms with Crippen LogP contribution in [0, 0.1) is 5.92 Å². The molecule has 13 heavy (non-hydrogen) atoms. The predicted molar refractivity (Wildman–Crippen MR) is 54.5 cm³/mol. The number of nitrogens with two attached hydrogens (primary N) is 1. The van der Waals surface area contributed by atoms with E-state index in [9.17, 15) is 4.79 Å². The van der Waals surface area contributed by atoms with Crippen molar-refractivity contribution < 1.29 is 4.79 Å². The number of hydrogen-bond acceptors (Lipinski definition) is 2. The van der Waals surface area contributed by atoms with Gasteiger partial charge in [-0.1, -0.05) is 20.3 Å². The summed E-state index contributed by atoms with van der Waals surface area (Å²) in [5.74, 6) is 0.719. The van der Waals surface area contributed by atoms with Gasteiger partial charge in [-0.2, -0.15) is 5.10 Å². The van der Waals surface area contributed by atoms with Crippen LogP contribution in [0.15, 0.2) is 5.10 Å². The lowest BCUT2D eigenvalue weighted by molar-refractivity contribution is 0.249. The van der Waals surface area contributed by atoms with Gasteiger partial charge in [0, 0.05) is 5.71 Å². The molecule has 0 fully saturated rings. The van der Waals surface area contributed by atoms with Crippen molar-refractivity contribution in [2.75, 3.05) is 0 Å². The number of nitrogens with zero attached hydrogens (tertiary/aromatic N) is 1. The number of carbonyl (C=O) groups is 1. The maximum atomic E-state index is 10.3. The lowest BCUT2D eigenvalue weighted by Gasteiger charge is -2.03. The van der Waals surface area contributed by atoms with Crippen molar-refractivity contribution >= 4 is 11.7 Å². The van der Waals surface area contributed by atoms with Gasteiger partial charge in [0.25, 0.3) is 0 Å². The fourth-order valence-corrected chi connectivity index (χ4v) is 0.973. The predicted octanol–water partition coefficient (Wildman–Crippen LogP) is 1.86. The zero-order chi connectivity index (χ0) is 10.3. The molecule has 0 spiro atoms. The van der Waals surface area contributed by atoms with E-state index in [0.29, 0.717) is 0 Å². The van der Waals surface area contributed by atoms with E-state index < -0.39 is 6.03 Å². The van der Waals surface area contributed by atoms with Crippen LogP contribution in [0.25, 0.3) is 0 Å². The van der Waals surface area contributed by atoms with E-state index in [1.54, 1.807) is 0 Å². The Labute approximate surface area is 79.6 Å². The average molecular weight is 185 g/mol. The van der Waals surface area contributed by atoms with Crippen LogP contribution in [0.2, 0.25) is 0 Å². The Morgan fingerprint density at radius 2 is 2.15 bits per heavy atom. The summed E-state index contributed by atoms with van der Waals surface area (Å²) < 4.78 is 0. The van der Waals surface area contributed by atoms with Crippen molar-refractivity contribution in [2.24, 2.45) is 16.8 Å². The van der Waals surface area contributed by atoms with Gasteiger partial charge in [0.15, 0.2) is 0 Å². The van der Waals surface area contributed by atoms with Crippen molar-refractivity contribution in [3.63, 3.8) is 0 Å². The van der Waals surface area contributed by atoms with Gasteiger partial charge >= 0.3 is 6.03 Å². The van der Waals surface area contributed by atoms with E-state index in [4.69, 9.17) is 5.73 Å². The summed E-state index contributed by atoms with van der Waals surface area (Å²) in [4.78, 5) is 10.3. The lowest BCUT2D eigenvalue weighted by Crippen LogP contribution is -2.25. The summed E-state index contributed by atoms with van der Waals surface area (Å²) in [5, 5.41) is 3.81. The molecule has 0 aromatic rings. The maximum absolute atomic E-state index is 10.3. The number of hydrazone groups is 1. The fraction of sp³-hybridized carbons (Fsp3) is 0.778. The van der Waals surface area contributed by atoms with Crippen LogP contribution >= 0.6 is 0 Å². The van der Waals surface area contributed by atoms with Gasteiger partial charge in [0.1, 0.15) is 0 Å². The number of rotatable bonds is 5. The third-order valence-electron chi connectivity index (χ3n) is 1.68. The van der Waals surface area contributed by atoms with Gasteiger partial charge < -0.3 is 5.73 Å². The third kappa shape index (κ3) is 8.85. The molecule has 76 valence electrons. The molecule has 0 aliphatic carbocycles. The Hall–Kier alpha value is -1.06. The second-order valence-electron chi connectivity index (χ2n) is 3.61. The standard InChI is InChI=1S/C9H19N3O/c1-7(2)5-4-6-8(3)11-12-9(10)13/h7H,4-6H2,1-3H3,(H3,10,12,13)/b11-8+. The van der Waals surface area contributed by atoms with Crippen molar-refractivity contribution in [3.05, 3.63) is 0 Å². The molecule has 2 amide bonds. The van der Waals surface area contributed by atoms with Gasteiger partial charge in [-0.15, -0.1) is 0 Å². The molecule has 4 heteroatoms. The van der Waals surface area contributed by atoms with Crippen LogP contribution in [0.4, 0.5) is 4.79 Å². The van der Waals surface area contributed by atoms with Crippen molar-refractivity contribution in [1.29, 1.82) is 0 Å². The van der Waals surface area contributed by atoms with E-state index in [0.717, 1.165) is 24.5 Å². The van der Waals surface area contributed by atoms with E-state index in [1.807, 2.05) is 6.92 Å². The first kappa shape index (κ1) is 11.9. The fourth-order valence-electron chi connectivity index (χ4n) is 0.973. The van der Waals surface area contributed by atoms with Crippen LogP contribution in [0.3, 0.4) is 0 Å². The Bertz CT molecular complexity index is 187. The summed E-state index contributed by atoms with van der Waals surface area (Å²) in [6.07, 6.45) is 3.20. The zero-order valence-corrected chi connectivity index (χ0v) is 8.63. The zero-order valence-electron chi connectivity index (χ0n) is 8.63. The van der Waals surface area contributed by atoms with Gasteiger partial charge in [-0.3, -0.25) is 0 Å². The molecule has 3 N–H and O–H groups in total. The summed E-state index contributed by atoms with van der Waals surface area (Å²) in [6.45, 7) is 6.26. The van der Waals surface area contributed by atoms with Gasteiger partial charge in [-0.05, 0) is 25.7 Å². The highest BCUT2D eigenvalue weighted by Gasteiger charge is 1.96. The number of amides is 2. The van der Waals surface area contributed by atoms with Crippen LogP contribution in [-0.2, 0) is 0 Å². The van der Waals surface area contributed by atoms with Crippen molar-refractivity contribution in [3.8, 4) is 0 Å². The van der Waals surface area contributed by atoms with Gasteiger partial charge in [0.05, 0.1) is 0 Å². The Balaban J connectivity index is 3.55. The normalized spacial score (nSPS) is 11.8. The molecular weight excluding hydrogens is 166 g/mol. The molecule has 4 nitrogen and oxygen atoms in total. The van der Waals surface area contributed by atoms with Gasteiger partial charge in [-0.25, -0.2) is 10.2 Å². The molecule has 0 aliphatic heterocycles. The Morgan fingerprint density at radius 1 is 1.54 bits per heavy atom. The van der Waals surface area contributed by atoms with E-state index in [-0.39, 0.29) is 0 Å². The first-order valence-electron chi connectivity index (χ1n) is 4.61. The number of urea groups is 1. The maximum Gasteiger partial charge on any atom is 0.332 e. The lowest BCUT2D eigenvalue weighted by atomic mass is 10.1. The second-order valence-corrected chi connectivity index (χ2v) is 3.61. The molecule has 0 aliphatic rings. The van der Waals surface area contributed by atoms with E-state index in [2.05, 4.69) is 24.4 Å². The van der Waals surface area contributed by atoms with Crippen LogP contribution in [0.1, 0.15) is 40.0 Å². The van der Waals surface area contributed by atoms with E-state index in [1.165, 1.54) is 6.42 Å². The number of carbonyl (C=O) groups excluding carboxylic acids is 1. The molecule has 0 heterocycles. The average Bonchev–Trinajstić information content (AvgIpc) is 2.00. The molecule has 0 radical (unpaired) electrons. The minimum atomic E-state index is -0.608.